The summed E-state index contributed by atoms with van der Waals surface area (Å²) >= 11 is 0. The van der Waals surface area contributed by atoms with Gasteiger partial charge in [-0.1, -0.05) is 19.1 Å². The van der Waals surface area contributed by atoms with E-state index >= 15 is 0 Å². The Morgan fingerprint density at radius 3 is 2.35 bits per heavy atom. The van der Waals surface area contributed by atoms with E-state index in [9.17, 15) is 10.1 Å². The van der Waals surface area contributed by atoms with Gasteiger partial charge in [-0.3, -0.25) is 10.1 Å². The van der Waals surface area contributed by atoms with Gasteiger partial charge >= 0.3 is 0 Å². The minimum Gasteiger partial charge on any atom is -0.304 e. The highest BCUT2D eigenvalue weighted by Gasteiger charge is 2.19. The highest BCUT2D eigenvalue weighted by Crippen LogP contribution is 2.28. The Labute approximate surface area is 101 Å². The van der Waals surface area contributed by atoms with Crippen LogP contribution in [0.2, 0.25) is 0 Å². The maximum Gasteiger partial charge on any atom is 0.269 e. The fourth-order valence-electron chi connectivity index (χ4n) is 2.45. The van der Waals surface area contributed by atoms with Crippen molar-refractivity contribution < 1.29 is 4.92 Å². The second-order valence-electron chi connectivity index (χ2n) is 4.56. The fraction of sp³-hybridized carbons (Fsp3) is 0.538. The highest BCUT2D eigenvalue weighted by atomic mass is 16.6. The van der Waals surface area contributed by atoms with Crippen LogP contribution in [-0.2, 0) is 0 Å². The number of nitro benzene ring substituents is 1. The van der Waals surface area contributed by atoms with Gasteiger partial charge in [0.2, 0.25) is 0 Å². The summed E-state index contributed by atoms with van der Waals surface area (Å²) in [6, 6.07) is 7.04. The lowest BCUT2D eigenvalue weighted by atomic mass is 9.89. The van der Waals surface area contributed by atoms with Crippen molar-refractivity contribution in [3.8, 4) is 0 Å². The van der Waals surface area contributed by atoms with E-state index in [0.29, 0.717) is 5.92 Å². The molecule has 2 rings (SSSR count). The van der Waals surface area contributed by atoms with Gasteiger partial charge in [0.25, 0.3) is 5.69 Å². The van der Waals surface area contributed by atoms with Crippen LogP contribution in [0.15, 0.2) is 24.3 Å². The molecule has 1 fully saturated rings. The van der Waals surface area contributed by atoms with Crippen LogP contribution < -0.4 is 0 Å². The van der Waals surface area contributed by atoms with E-state index in [0.717, 1.165) is 32.5 Å². The van der Waals surface area contributed by atoms with E-state index in [-0.39, 0.29) is 10.6 Å². The average Bonchev–Trinajstić information content (AvgIpc) is 2.39. The third-order valence-corrected chi connectivity index (χ3v) is 3.61. The lowest BCUT2D eigenvalue weighted by molar-refractivity contribution is -0.384. The summed E-state index contributed by atoms with van der Waals surface area (Å²) in [5, 5.41) is 10.6. The molecule has 0 bridgehead atoms. The summed E-state index contributed by atoms with van der Waals surface area (Å²) < 4.78 is 0. The van der Waals surface area contributed by atoms with Crippen LogP contribution in [0.25, 0.3) is 0 Å². The van der Waals surface area contributed by atoms with E-state index in [2.05, 4.69) is 11.8 Å². The molecule has 1 aromatic carbocycles. The van der Waals surface area contributed by atoms with E-state index in [1.165, 1.54) is 5.56 Å². The van der Waals surface area contributed by atoms with Crippen LogP contribution >= 0.6 is 0 Å². The Hall–Kier alpha value is -1.42. The van der Waals surface area contributed by atoms with Crippen molar-refractivity contribution in [2.45, 2.75) is 25.7 Å². The maximum absolute atomic E-state index is 10.6. The summed E-state index contributed by atoms with van der Waals surface area (Å²) in [6.45, 7) is 5.58. The van der Waals surface area contributed by atoms with Gasteiger partial charge in [0.1, 0.15) is 0 Å². The van der Waals surface area contributed by atoms with Gasteiger partial charge in [0, 0.05) is 12.1 Å². The molecule has 0 unspecified atom stereocenters. The second kappa shape index (κ2) is 5.27. The van der Waals surface area contributed by atoms with E-state index in [1.54, 1.807) is 12.1 Å². The quantitative estimate of drug-likeness (QED) is 0.596. The van der Waals surface area contributed by atoms with Crippen molar-refractivity contribution in [2.75, 3.05) is 19.6 Å². The summed E-state index contributed by atoms with van der Waals surface area (Å²) in [6.07, 6.45) is 2.32. The van der Waals surface area contributed by atoms with E-state index in [1.807, 2.05) is 12.1 Å². The van der Waals surface area contributed by atoms with Gasteiger partial charge in [-0.2, -0.15) is 0 Å². The molecule has 1 heterocycles. The Morgan fingerprint density at radius 2 is 1.88 bits per heavy atom. The van der Waals surface area contributed by atoms with Gasteiger partial charge in [0.15, 0.2) is 0 Å². The monoisotopic (exact) mass is 234 g/mol. The smallest absolute Gasteiger partial charge is 0.269 e. The summed E-state index contributed by atoms with van der Waals surface area (Å²) in [5.41, 5.74) is 1.42. The Morgan fingerprint density at radius 1 is 1.29 bits per heavy atom. The second-order valence-corrected chi connectivity index (χ2v) is 4.56. The van der Waals surface area contributed by atoms with Gasteiger partial charge in [-0.05, 0) is 44.0 Å². The minimum absolute atomic E-state index is 0.180. The number of nitrogens with zero attached hydrogens (tertiary/aromatic N) is 2. The first-order chi connectivity index (χ1) is 8.20. The molecule has 1 aromatic rings. The Balaban J connectivity index is 2.01. The molecule has 0 atom stereocenters. The SMILES string of the molecule is CCN1CCC(c2ccc([N+](=O)[O-])cc2)CC1. The lowest BCUT2D eigenvalue weighted by Crippen LogP contribution is -2.32. The molecule has 0 amide bonds. The van der Waals surface area contributed by atoms with Gasteiger partial charge in [-0.15, -0.1) is 0 Å². The van der Waals surface area contributed by atoms with Crippen molar-refractivity contribution in [1.29, 1.82) is 0 Å². The summed E-state index contributed by atoms with van der Waals surface area (Å²) in [5.74, 6) is 0.568. The van der Waals surface area contributed by atoms with Crippen molar-refractivity contribution in [1.82, 2.24) is 4.90 Å². The van der Waals surface area contributed by atoms with Crippen LogP contribution in [0.4, 0.5) is 5.69 Å². The standard InChI is InChI=1S/C13H18N2O2/c1-2-14-9-7-12(8-10-14)11-3-5-13(6-4-11)15(16)17/h3-6,12H,2,7-10H2,1H3. The number of nitro groups is 1. The van der Waals surface area contributed by atoms with Crippen molar-refractivity contribution in [2.24, 2.45) is 0 Å². The van der Waals surface area contributed by atoms with Crippen LogP contribution in [0, 0.1) is 10.1 Å². The first-order valence-electron chi connectivity index (χ1n) is 6.17. The molecule has 0 radical (unpaired) electrons. The average molecular weight is 234 g/mol. The van der Waals surface area contributed by atoms with Crippen molar-refractivity contribution >= 4 is 5.69 Å². The number of benzene rings is 1. The van der Waals surface area contributed by atoms with Gasteiger partial charge in [-0.25, -0.2) is 0 Å². The predicted molar refractivity (Wildman–Crippen MR) is 67.2 cm³/mol. The molecule has 4 heteroatoms. The molecule has 0 N–H and O–H groups in total. The lowest BCUT2D eigenvalue weighted by Gasteiger charge is -2.31. The Kier molecular flexibility index (Phi) is 3.74. The fourth-order valence-corrected chi connectivity index (χ4v) is 2.45. The highest BCUT2D eigenvalue weighted by molar-refractivity contribution is 5.34. The molecule has 17 heavy (non-hydrogen) atoms. The predicted octanol–water partition coefficient (Wildman–Crippen LogP) is 2.79. The van der Waals surface area contributed by atoms with Crippen LogP contribution in [-0.4, -0.2) is 29.5 Å². The zero-order chi connectivity index (χ0) is 12.3. The number of rotatable bonds is 3. The molecule has 1 aliphatic rings. The number of non-ortho nitro benzene ring substituents is 1. The van der Waals surface area contributed by atoms with Gasteiger partial charge < -0.3 is 4.90 Å². The zero-order valence-corrected chi connectivity index (χ0v) is 10.1. The Bertz CT molecular complexity index is 381. The first kappa shape index (κ1) is 12.0. The number of piperidine rings is 1. The molecule has 0 spiro atoms. The summed E-state index contributed by atoms with van der Waals surface area (Å²) in [4.78, 5) is 12.7. The normalized spacial score (nSPS) is 18.2. The van der Waals surface area contributed by atoms with Crippen molar-refractivity contribution in [3.05, 3.63) is 39.9 Å². The minimum atomic E-state index is -0.344. The number of hydrogen-bond donors (Lipinski definition) is 0. The van der Waals surface area contributed by atoms with E-state index < -0.39 is 0 Å². The third kappa shape index (κ3) is 2.82. The van der Waals surface area contributed by atoms with Crippen molar-refractivity contribution in [3.63, 3.8) is 0 Å². The molecular weight excluding hydrogens is 216 g/mol. The molecule has 0 aromatic heterocycles. The first-order valence-corrected chi connectivity index (χ1v) is 6.17. The van der Waals surface area contributed by atoms with Crippen LogP contribution in [0.1, 0.15) is 31.2 Å². The summed E-state index contributed by atoms with van der Waals surface area (Å²) in [7, 11) is 0. The zero-order valence-electron chi connectivity index (χ0n) is 10.1. The molecular formula is C13H18N2O2. The van der Waals surface area contributed by atoms with E-state index in [4.69, 9.17) is 0 Å². The maximum atomic E-state index is 10.6. The topological polar surface area (TPSA) is 46.4 Å². The van der Waals surface area contributed by atoms with Crippen LogP contribution in [0.5, 0.6) is 0 Å². The van der Waals surface area contributed by atoms with Gasteiger partial charge in [0.05, 0.1) is 4.92 Å². The molecule has 1 aliphatic heterocycles. The number of likely N-dealkylation sites (tertiary alicyclic amines) is 1. The third-order valence-electron chi connectivity index (χ3n) is 3.61. The largest absolute Gasteiger partial charge is 0.304 e. The number of hydrogen-bond acceptors (Lipinski definition) is 3. The molecule has 0 aliphatic carbocycles. The molecule has 1 saturated heterocycles. The molecule has 0 saturated carbocycles. The molecule has 92 valence electrons. The molecule has 4 nitrogen and oxygen atoms in total. The van der Waals surface area contributed by atoms with Crippen LogP contribution in [0.3, 0.4) is 0 Å².